The molecule has 22 heavy (non-hydrogen) atoms. The van der Waals surface area contributed by atoms with Gasteiger partial charge in [0, 0.05) is 25.7 Å². The zero-order valence-corrected chi connectivity index (χ0v) is 13.5. The second-order valence-electron chi connectivity index (χ2n) is 6.91. The Hall–Kier alpha value is -1.39. The highest BCUT2D eigenvalue weighted by Crippen LogP contribution is 2.27. The number of nitrogens with one attached hydrogen (secondary N) is 1. The van der Waals surface area contributed by atoms with E-state index in [2.05, 4.69) is 41.4 Å². The molecule has 0 radical (unpaired) electrons. The van der Waals surface area contributed by atoms with Crippen molar-refractivity contribution in [2.24, 2.45) is 5.73 Å². The first-order chi connectivity index (χ1) is 10.6. The van der Waals surface area contributed by atoms with E-state index in [9.17, 15) is 4.79 Å². The van der Waals surface area contributed by atoms with Crippen LogP contribution in [0.3, 0.4) is 0 Å². The second-order valence-corrected chi connectivity index (χ2v) is 6.91. The molecule has 4 heteroatoms. The largest absolute Gasteiger partial charge is 0.353 e. The lowest BCUT2D eigenvalue weighted by Gasteiger charge is -2.34. The molecule has 1 saturated carbocycles. The van der Waals surface area contributed by atoms with Gasteiger partial charge in [-0.3, -0.25) is 9.69 Å². The topological polar surface area (TPSA) is 58.4 Å². The van der Waals surface area contributed by atoms with Gasteiger partial charge in [0.25, 0.3) is 0 Å². The minimum atomic E-state index is -0.617. The van der Waals surface area contributed by atoms with Crippen molar-refractivity contribution in [3.8, 4) is 0 Å². The number of carbonyl (C=O) groups is 1. The molecule has 0 spiro atoms. The van der Waals surface area contributed by atoms with Crippen LogP contribution >= 0.6 is 0 Å². The standard InChI is InChI=1S/C18H27N3O/c1-14(12-20-17(22)18(19)9-4-5-10-18)21-11-8-15-6-2-3-7-16(15)13-21/h2-3,6-7,14H,4-5,8-13,19H2,1H3,(H,20,22). The van der Waals surface area contributed by atoms with E-state index in [0.29, 0.717) is 12.6 Å². The molecule has 1 aliphatic heterocycles. The Kier molecular flexibility index (Phi) is 4.50. The fourth-order valence-electron chi connectivity index (χ4n) is 3.67. The third kappa shape index (κ3) is 3.18. The summed E-state index contributed by atoms with van der Waals surface area (Å²) in [6.07, 6.45) is 4.88. The van der Waals surface area contributed by atoms with Crippen LogP contribution in [0.4, 0.5) is 0 Å². The van der Waals surface area contributed by atoms with E-state index >= 15 is 0 Å². The van der Waals surface area contributed by atoms with Crippen molar-refractivity contribution in [3.05, 3.63) is 35.4 Å². The third-order valence-electron chi connectivity index (χ3n) is 5.29. The van der Waals surface area contributed by atoms with Crippen LogP contribution in [0.1, 0.15) is 43.7 Å². The van der Waals surface area contributed by atoms with E-state index in [1.807, 2.05) is 0 Å². The van der Waals surface area contributed by atoms with Crippen LogP contribution in [0.25, 0.3) is 0 Å². The molecule has 1 fully saturated rings. The van der Waals surface area contributed by atoms with Crippen molar-refractivity contribution in [2.75, 3.05) is 13.1 Å². The van der Waals surface area contributed by atoms with Gasteiger partial charge in [0.05, 0.1) is 5.54 Å². The van der Waals surface area contributed by atoms with Crippen molar-refractivity contribution in [2.45, 2.75) is 57.2 Å². The highest BCUT2D eigenvalue weighted by molar-refractivity contribution is 5.86. The summed E-state index contributed by atoms with van der Waals surface area (Å²) in [5, 5.41) is 3.08. The third-order valence-corrected chi connectivity index (χ3v) is 5.29. The molecule has 3 rings (SSSR count). The summed E-state index contributed by atoms with van der Waals surface area (Å²) in [5.41, 5.74) is 8.46. The van der Waals surface area contributed by atoms with Gasteiger partial charge >= 0.3 is 0 Å². The van der Waals surface area contributed by atoms with Crippen LogP contribution in [0, 0.1) is 0 Å². The summed E-state index contributed by atoms with van der Waals surface area (Å²) in [4.78, 5) is 14.7. The number of nitrogens with two attached hydrogens (primary N) is 1. The maximum atomic E-state index is 12.3. The lowest BCUT2D eigenvalue weighted by atomic mass is 9.97. The fourth-order valence-corrected chi connectivity index (χ4v) is 3.67. The van der Waals surface area contributed by atoms with Gasteiger partial charge in [-0.25, -0.2) is 0 Å². The van der Waals surface area contributed by atoms with Gasteiger partial charge in [-0.15, -0.1) is 0 Å². The fraction of sp³-hybridized carbons (Fsp3) is 0.611. The molecule has 1 amide bonds. The number of hydrogen-bond acceptors (Lipinski definition) is 3. The van der Waals surface area contributed by atoms with Crippen LogP contribution in [-0.4, -0.2) is 35.5 Å². The molecule has 1 heterocycles. The molecule has 120 valence electrons. The van der Waals surface area contributed by atoms with Gasteiger partial charge < -0.3 is 11.1 Å². The smallest absolute Gasteiger partial charge is 0.240 e. The minimum Gasteiger partial charge on any atom is -0.353 e. The Bertz CT molecular complexity index is 537. The molecular weight excluding hydrogens is 274 g/mol. The van der Waals surface area contributed by atoms with Gasteiger partial charge in [-0.05, 0) is 37.3 Å². The summed E-state index contributed by atoms with van der Waals surface area (Å²) in [6, 6.07) is 8.98. The number of nitrogens with zero attached hydrogens (tertiary/aromatic N) is 1. The average molecular weight is 301 g/mol. The van der Waals surface area contributed by atoms with Crippen LogP contribution in [0.2, 0.25) is 0 Å². The second kappa shape index (κ2) is 6.39. The van der Waals surface area contributed by atoms with Crippen LogP contribution in [0.5, 0.6) is 0 Å². The van der Waals surface area contributed by atoms with E-state index < -0.39 is 5.54 Å². The summed E-state index contributed by atoms with van der Waals surface area (Å²) >= 11 is 0. The van der Waals surface area contributed by atoms with E-state index in [1.165, 1.54) is 11.1 Å². The molecule has 1 aromatic carbocycles. The van der Waals surface area contributed by atoms with Gasteiger partial charge in [-0.2, -0.15) is 0 Å². The van der Waals surface area contributed by atoms with Crippen LogP contribution in [0.15, 0.2) is 24.3 Å². The molecule has 4 nitrogen and oxygen atoms in total. The van der Waals surface area contributed by atoms with Crippen molar-refractivity contribution < 1.29 is 4.79 Å². The molecule has 2 aliphatic rings. The Labute approximate surface area is 133 Å². The molecular formula is C18H27N3O. The van der Waals surface area contributed by atoms with Crippen molar-refractivity contribution in [3.63, 3.8) is 0 Å². The van der Waals surface area contributed by atoms with Crippen LogP contribution < -0.4 is 11.1 Å². The molecule has 0 saturated heterocycles. The number of fused-ring (bicyclic) bond motifs is 1. The molecule has 0 bridgehead atoms. The zero-order valence-electron chi connectivity index (χ0n) is 13.5. The van der Waals surface area contributed by atoms with Gasteiger partial charge in [0.1, 0.15) is 0 Å². The Morgan fingerprint density at radius 3 is 2.73 bits per heavy atom. The first-order valence-corrected chi connectivity index (χ1v) is 8.46. The average Bonchev–Trinajstić information content (AvgIpc) is 2.99. The molecule has 1 aromatic rings. The summed E-state index contributed by atoms with van der Waals surface area (Å²) < 4.78 is 0. The quantitative estimate of drug-likeness (QED) is 0.892. The molecule has 3 N–H and O–H groups in total. The highest BCUT2D eigenvalue weighted by Gasteiger charge is 2.37. The summed E-state index contributed by atoms with van der Waals surface area (Å²) in [5.74, 6) is 0.0364. The summed E-state index contributed by atoms with van der Waals surface area (Å²) in [6.45, 7) is 4.90. The number of hydrogen-bond donors (Lipinski definition) is 2. The Morgan fingerprint density at radius 1 is 1.32 bits per heavy atom. The van der Waals surface area contributed by atoms with Gasteiger partial charge in [0.2, 0.25) is 5.91 Å². The first kappa shape index (κ1) is 15.5. The van der Waals surface area contributed by atoms with E-state index in [1.54, 1.807) is 0 Å². The monoisotopic (exact) mass is 301 g/mol. The summed E-state index contributed by atoms with van der Waals surface area (Å²) in [7, 11) is 0. The molecule has 1 unspecified atom stereocenters. The highest BCUT2D eigenvalue weighted by atomic mass is 16.2. The SMILES string of the molecule is CC(CNC(=O)C1(N)CCCC1)N1CCc2ccccc2C1. The van der Waals surface area contributed by atoms with E-state index in [0.717, 1.165) is 45.2 Å². The maximum Gasteiger partial charge on any atom is 0.240 e. The number of carbonyl (C=O) groups excluding carboxylic acids is 1. The minimum absolute atomic E-state index is 0.0364. The first-order valence-electron chi connectivity index (χ1n) is 8.46. The van der Waals surface area contributed by atoms with Gasteiger partial charge in [-0.1, -0.05) is 37.1 Å². The molecule has 1 aliphatic carbocycles. The van der Waals surface area contributed by atoms with Crippen molar-refractivity contribution in [1.29, 1.82) is 0 Å². The van der Waals surface area contributed by atoms with Crippen LogP contribution in [-0.2, 0) is 17.8 Å². The predicted octanol–water partition coefficient (Wildman–Crippen LogP) is 1.82. The van der Waals surface area contributed by atoms with Crippen molar-refractivity contribution in [1.82, 2.24) is 10.2 Å². The Balaban J connectivity index is 1.53. The zero-order chi connectivity index (χ0) is 15.6. The van der Waals surface area contributed by atoms with E-state index in [-0.39, 0.29) is 5.91 Å². The lowest BCUT2D eigenvalue weighted by Crippen LogP contribution is -2.54. The molecule has 0 aromatic heterocycles. The molecule has 1 atom stereocenters. The van der Waals surface area contributed by atoms with E-state index in [4.69, 9.17) is 5.73 Å². The predicted molar refractivity (Wildman–Crippen MR) is 88.4 cm³/mol. The van der Waals surface area contributed by atoms with Crippen molar-refractivity contribution >= 4 is 5.91 Å². The van der Waals surface area contributed by atoms with Gasteiger partial charge in [0.15, 0.2) is 0 Å². The lowest BCUT2D eigenvalue weighted by molar-refractivity contribution is -0.126. The number of rotatable bonds is 4. The number of amides is 1. The number of benzene rings is 1. The Morgan fingerprint density at radius 2 is 2.00 bits per heavy atom. The normalized spacial score (nSPS) is 22.1. The maximum absolute atomic E-state index is 12.3.